The fourth-order valence-corrected chi connectivity index (χ4v) is 4.31. The van der Waals surface area contributed by atoms with Crippen molar-refractivity contribution in [2.45, 2.75) is 51.4 Å². The maximum atomic E-state index is 3.64. The highest BCUT2D eigenvalue weighted by Crippen LogP contribution is 2.65. The minimum Gasteiger partial charge on any atom is -0.316 e. The molecule has 13 heavy (non-hydrogen) atoms. The standard InChI is InChI=1S/C12H21N/c1-4-11(5-1)6-2-7-12(11)8-3-9-13-10-12/h13H,1-10H2. The first-order valence-corrected chi connectivity index (χ1v) is 6.08. The van der Waals surface area contributed by atoms with Gasteiger partial charge in [0.05, 0.1) is 0 Å². The van der Waals surface area contributed by atoms with Crippen LogP contribution in [0.2, 0.25) is 0 Å². The van der Waals surface area contributed by atoms with E-state index in [2.05, 4.69) is 5.32 Å². The summed E-state index contributed by atoms with van der Waals surface area (Å²) in [6.45, 7) is 2.62. The molecule has 1 aliphatic heterocycles. The van der Waals surface area contributed by atoms with Gasteiger partial charge in [-0.2, -0.15) is 0 Å². The molecule has 2 spiro atoms. The van der Waals surface area contributed by atoms with Crippen LogP contribution in [0, 0.1) is 10.8 Å². The van der Waals surface area contributed by atoms with Crippen molar-refractivity contribution in [2.24, 2.45) is 10.8 Å². The van der Waals surface area contributed by atoms with Crippen molar-refractivity contribution in [3.05, 3.63) is 0 Å². The maximum Gasteiger partial charge on any atom is 0.00131 e. The SMILES string of the molecule is C1CC2(C1)CCCC21CCCNC1. The lowest BCUT2D eigenvalue weighted by Crippen LogP contribution is -2.51. The van der Waals surface area contributed by atoms with Crippen molar-refractivity contribution in [3.8, 4) is 0 Å². The monoisotopic (exact) mass is 179 g/mol. The zero-order valence-corrected chi connectivity index (χ0v) is 8.57. The Morgan fingerprint density at radius 2 is 1.31 bits per heavy atom. The predicted molar refractivity (Wildman–Crippen MR) is 54.7 cm³/mol. The predicted octanol–water partition coefficient (Wildman–Crippen LogP) is 2.71. The van der Waals surface area contributed by atoms with Crippen LogP contribution in [0.4, 0.5) is 0 Å². The molecule has 0 aromatic carbocycles. The van der Waals surface area contributed by atoms with Gasteiger partial charge >= 0.3 is 0 Å². The summed E-state index contributed by atoms with van der Waals surface area (Å²) in [5, 5.41) is 3.64. The Hall–Kier alpha value is -0.0400. The summed E-state index contributed by atoms with van der Waals surface area (Å²) in [5.74, 6) is 0. The van der Waals surface area contributed by atoms with Gasteiger partial charge in [-0.15, -0.1) is 0 Å². The van der Waals surface area contributed by atoms with E-state index in [0.29, 0.717) is 0 Å². The van der Waals surface area contributed by atoms with E-state index >= 15 is 0 Å². The van der Waals surface area contributed by atoms with Crippen LogP contribution in [-0.2, 0) is 0 Å². The van der Waals surface area contributed by atoms with Gasteiger partial charge < -0.3 is 5.32 Å². The number of fused-ring (bicyclic) bond motifs is 1. The average Bonchev–Trinajstić information content (AvgIpc) is 2.45. The van der Waals surface area contributed by atoms with Gasteiger partial charge in [-0.05, 0) is 55.9 Å². The zero-order valence-electron chi connectivity index (χ0n) is 8.57. The van der Waals surface area contributed by atoms with E-state index in [1.165, 1.54) is 45.2 Å². The summed E-state index contributed by atoms with van der Waals surface area (Å²) < 4.78 is 0. The quantitative estimate of drug-likeness (QED) is 0.603. The fourth-order valence-electron chi connectivity index (χ4n) is 4.31. The van der Waals surface area contributed by atoms with E-state index in [0.717, 1.165) is 10.8 Å². The second kappa shape index (κ2) is 2.73. The van der Waals surface area contributed by atoms with Gasteiger partial charge in [-0.25, -0.2) is 0 Å². The highest BCUT2D eigenvalue weighted by Gasteiger charge is 2.56. The van der Waals surface area contributed by atoms with Gasteiger partial charge in [0.15, 0.2) is 0 Å². The molecule has 3 fully saturated rings. The van der Waals surface area contributed by atoms with Crippen LogP contribution in [-0.4, -0.2) is 13.1 Å². The first kappa shape index (κ1) is 8.28. The smallest absolute Gasteiger partial charge is 0.00131 e. The second-order valence-corrected chi connectivity index (χ2v) is 5.55. The van der Waals surface area contributed by atoms with Gasteiger partial charge in [0.25, 0.3) is 0 Å². The number of piperidine rings is 1. The minimum atomic E-state index is 0.753. The van der Waals surface area contributed by atoms with Crippen LogP contribution in [0.25, 0.3) is 0 Å². The Bertz CT molecular complexity index is 199. The first-order chi connectivity index (χ1) is 6.37. The molecular weight excluding hydrogens is 158 g/mol. The molecule has 2 aliphatic carbocycles. The molecule has 0 radical (unpaired) electrons. The summed E-state index contributed by atoms with van der Waals surface area (Å²) in [6, 6.07) is 0. The highest BCUT2D eigenvalue weighted by atomic mass is 14.9. The normalized spacial score (nSPS) is 42.5. The molecule has 0 amide bonds. The number of nitrogens with one attached hydrogen (secondary N) is 1. The lowest BCUT2D eigenvalue weighted by Gasteiger charge is -2.54. The van der Waals surface area contributed by atoms with Crippen LogP contribution in [0.3, 0.4) is 0 Å². The van der Waals surface area contributed by atoms with Crippen molar-refractivity contribution >= 4 is 0 Å². The highest BCUT2D eigenvalue weighted by molar-refractivity contribution is 5.08. The van der Waals surface area contributed by atoms with E-state index in [1.807, 2.05) is 0 Å². The van der Waals surface area contributed by atoms with Gasteiger partial charge in [0.1, 0.15) is 0 Å². The van der Waals surface area contributed by atoms with Crippen LogP contribution in [0.15, 0.2) is 0 Å². The van der Waals surface area contributed by atoms with Gasteiger partial charge in [0, 0.05) is 6.54 Å². The summed E-state index contributed by atoms with van der Waals surface area (Å²) in [5.41, 5.74) is 1.57. The average molecular weight is 179 g/mol. The molecule has 1 heterocycles. The number of rotatable bonds is 0. The van der Waals surface area contributed by atoms with E-state index < -0.39 is 0 Å². The Morgan fingerprint density at radius 1 is 0.692 bits per heavy atom. The van der Waals surface area contributed by atoms with Crippen molar-refractivity contribution < 1.29 is 0 Å². The van der Waals surface area contributed by atoms with Crippen molar-refractivity contribution in [1.82, 2.24) is 5.32 Å². The second-order valence-electron chi connectivity index (χ2n) is 5.55. The third-order valence-corrected chi connectivity index (χ3v) is 5.22. The van der Waals surface area contributed by atoms with Crippen molar-refractivity contribution in [1.29, 1.82) is 0 Å². The van der Waals surface area contributed by atoms with Crippen LogP contribution < -0.4 is 5.32 Å². The molecule has 1 N–H and O–H groups in total. The lowest BCUT2D eigenvalue weighted by atomic mass is 9.53. The van der Waals surface area contributed by atoms with E-state index in [-0.39, 0.29) is 0 Å². The molecule has 1 nitrogen and oxygen atoms in total. The Morgan fingerprint density at radius 3 is 1.92 bits per heavy atom. The minimum absolute atomic E-state index is 0.753. The Kier molecular flexibility index (Phi) is 1.74. The summed E-state index contributed by atoms with van der Waals surface area (Å²) in [6.07, 6.45) is 12.2. The van der Waals surface area contributed by atoms with Crippen LogP contribution in [0.5, 0.6) is 0 Å². The zero-order chi connectivity index (χ0) is 8.78. The van der Waals surface area contributed by atoms with E-state index in [4.69, 9.17) is 0 Å². The van der Waals surface area contributed by atoms with Crippen LogP contribution in [0.1, 0.15) is 51.4 Å². The molecular formula is C12H21N. The molecule has 0 bridgehead atoms. The third kappa shape index (κ3) is 0.971. The lowest BCUT2D eigenvalue weighted by molar-refractivity contribution is -0.0277. The molecule has 0 aromatic rings. The number of hydrogen-bond acceptors (Lipinski definition) is 1. The van der Waals surface area contributed by atoms with Gasteiger partial charge in [0.2, 0.25) is 0 Å². The molecule has 3 rings (SSSR count). The first-order valence-electron chi connectivity index (χ1n) is 6.08. The molecule has 74 valence electrons. The third-order valence-electron chi connectivity index (χ3n) is 5.22. The summed E-state index contributed by atoms with van der Waals surface area (Å²) >= 11 is 0. The Labute approximate surface area is 81.3 Å². The summed E-state index contributed by atoms with van der Waals surface area (Å²) in [7, 11) is 0. The van der Waals surface area contributed by atoms with E-state index in [9.17, 15) is 0 Å². The topological polar surface area (TPSA) is 12.0 Å². The molecule has 2 saturated carbocycles. The maximum absolute atomic E-state index is 3.64. The Balaban J connectivity index is 1.86. The van der Waals surface area contributed by atoms with E-state index in [1.54, 1.807) is 19.3 Å². The molecule has 3 aliphatic rings. The fraction of sp³-hybridized carbons (Fsp3) is 1.00. The largest absolute Gasteiger partial charge is 0.316 e. The van der Waals surface area contributed by atoms with Crippen molar-refractivity contribution in [2.75, 3.05) is 13.1 Å². The molecule has 1 saturated heterocycles. The van der Waals surface area contributed by atoms with Gasteiger partial charge in [-0.1, -0.05) is 12.8 Å². The summed E-state index contributed by atoms with van der Waals surface area (Å²) in [4.78, 5) is 0. The van der Waals surface area contributed by atoms with Crippen molar-refractivity contribution in [3.63, 3.8) is 0 Å². The number of hydrogen-bond donors (Lipinski definition) is 1. The molecule has 1 atom stereocenters. The van der Waals surface area contributed by atoms with Gasteiger partial charge in [-0.3, -0.25) is 0 Å². The molecule has 1 heteroatoms. The molecule has 1 unspecified atom stereocenters. The molecule has 0 aromatic heterocycles. The van der Waals surface area contributed by atoms with Crippen LogP contribution >= 0.6 is 0 Å².